The van der Waals surface area contributed by atoms with Gasteiger partial charge in [-0.1, -0.05) is 0 Å². The predicted molar refractivity (Wildman–Crippen MR) is 43.1 cm³/mol. The summed E-state index contributed by atoms with van der Waals surface area (Å²) in [6.07, 6.45) is -1.13. The summed E-state index contributed by atoms with van der Waals surface area (Å²) in [5.41, 5.74) is -0.353. The van der Waals surface area contributed by atoms with Crippen molar-refractivity contribution in [3.8, 4) is 0 Å². The van der Waals surface area contributed by atoms with Crippen molar-refractivity contribution in [3.05, 3.63) is 0 Å². The smallest absolute Gasteiger partial charge is 0.157 e. The maximum absolute atomic E-state index is 9.17. The minimum absolute atomic E-state index is 0.261. The molecule has 0 radical (unpaired) electrons. The summed E-state index contributed by atoms with van der Waals surface area (Å²) in [4.78, 5) is 0. The van der Waals surface area contributed by atoms with Gasteiger partial charge in [0.25, 0.3) is 0 Å². The van der Waals surface area contributed by atoms with Crippen LogP contribution in [0.4, 0.5) is 0 Å². The second kappa shape index (κ2) is 4.04. The molecule has 0 aromatic carbocycles. The van der Waals surface area contributed by atoms with Gasteiger partial charge < -0.3 is 14.9 Å². The van der Waals surface area contributed by atoms with Crippen LogP contribution in [0, 0.1) is 0 Å². The number of aliphatic hydroxyl groups excluding tert-OH is 2. The Labute approximate surface area is 68.0 Å². The van der Waals surface area contributed by atoms with Gasteiger partial charge in [-0.25, -0.2) is 0 Å². The molecule has 2 unspecified atom stereocenters. The van der Waals surface area contributed by atoms with Crippen LogP contribution in [0.5, 0.6) is 0 Å². The highest BCUT2D eigenvalue weighted by molar-refractivity contribution is 4.61. The molecule has 3 nitrogen and oxygen atoms in total. The number of aliphatic hydroxyl groups is 2. The summed E-state index contributed by atoms with van der Waals surface area (Å²) >= 11 is 0. The van der Waals surface area contributed by atoms with E-state index >= 15 is 0 Å². The molecule has 0 saturated carbocycles. The normalized spacial score (nSPS) is 18.0. The van der Waals surface area contributed by atoms with E-state index in [2.05, 4.69) is 0 Å². The molecule has 3 heteroatoms. The number of rotatable bonds is 3. The van der Waals surface area contributed by atoms with E-state index in [4.69, 9.17) is 9.84 Å². The number of hydrogen-bond acceptors (Lipinski definition) is 3. The van der Waals surface area contributed by atoms with E-state index in [1.165, 1.54) is 0 Å². The lowest BCUT2D eigenvalue weighted by Gasteiger charge is -2.24. The molecule has 0 aromatic rings. The molecule has 0 aliphatic heterocycles. The number of ether oxygens (including phenoxy) is 1. The van der Waals surface area contributed by atoms with Crippen molar-refractivity contribution in [3.63, 3.8) is 0 Å². The largest absolute Gasteiger partial charge is 0.393 e. The van der Waals surface area contributed by atoms with Crippen molar-refractivity contribution in [2.45, 2.75) is 52.1 Å². The monoisotopic (exact) mass is 162 g/mol. The molecule has 2 atom stereocenters. The Balaban J connectivity index is 3.61. The maximum atomic E-state index is 9.17. The average Bonchev–Trinajstić information content (AvgIpc) is 1.53. The fourth-order valence-electron chi connectivity index (χ4n) is 0.748. The molecule has 68 valence electrons. The standard InChI is InChI=1S/C8H18O3/c1-6(9)5-7(10)11-8(2,3)4/h6-7,9-10H,5H2,1-4H3. The van der Waals surface area contributed by atoms with Gasteiger partial charge in [0.2, 0.25) is 0 Å². The molecule has 2 N–H and O–H groups in total. The lowest BCUT2D eigenvalue weighted by atomic mass is 10.2. The molecule has 0 bridgehead atoms. The van der Waals surface area contributed by atoms with Crippen LogP contribution in [0.15, 0.2) is 0 Å². The Morgan fingerprint density at radius 1 is 1.27 bits per heavy atom. The maximum Gasteiger partial charge on any atom is 0.157 e. The third-order valence-electron chi connectivity index (χ3n) is 1.03. The zero-order chi connectivity index (χ0) is 9.07. The van der Waals surface area contributed by atoms with E-state index in [1.54, 1.807) is 6.92 Å². The lowest BCUT2D eigenvalue weighted by molar-refractivity contribution is -0.177. The fraction of sp³-hybridized carbons (Fsp3) is 1.00. The van der Waals surface area contributed by atoms with Crippen LogP contribution in [0.25, 0.3) is 0 Å². The highest BCUT2D eigenvalue weighted by atomic mass is 16.6. The van der Waals surface area contributed by atoms with E-state index in [0.29, 0.717) is 0 Å². The van der Waals surface area contributed by atoms with Gasteiger partial charge in [-0.15, -0.1) is 0 Å². The van der Waals surface area contributed by atoms with Crippen LogP contribution < -0.4 is 0 Å². The van der Waals surface area contributed by atoms with Crippen molar-refractivity contribution < 1.29 is 14.9 Å². The summed E-state index contributed by atoms with van der Waals surface area (Å²) in [6, 6.07) is 0. The molecule has 0 aliphatic rings. The van der Waals surface area contributed by atoms with Gasteiger partial charge in [-0.3, -0.25) is 0 Å². The lowest BCUT2D eigenvalue weighted by Crippen LogP contribution is -2.29. The Hall–Kier alpha value is -0.120. The van der Waals surface area contributed by atoms with Gasteiger partial charge in [0.15, 0.2) is 6.29 Å². The first-order chi connectivity index (χ1) is 4.81. The third-order valence-corrected chi connectivity index (χ3v) is 1.03. The summed E-state index contributed by atoms with van der Waals surface area (Å²) in [5, 5.41) is 18.1. The quantitative estimate of drug-likeness (QED) is 0.606. The van der Waals surface area contributed by atoms with E-state index in [1.807, 2.05) is 20.8 Å². The first kappa shape index (κ1) is 10.9. The zero-order valence-corrected chi connectivity index (χ0v) is 7.66. The van der Waals surface area contributed by atoms with Gasteiger partial charge in [-0.2, -0.15) is 0 Å². The molecule has 0 fully saturated rings. The minimum atomic E-state index is -0.866. The molecule has 0 saturated heterocycles. The molecule has 0 aliphatic carbocycles. The van der Waals surface area contributed by atoms with Crippen molar-refractivity contribution in [1.82, 2.24) is 0 Å². The Morgan fingerprint density at radius 3 is 2.00 bits per heavy atom. The van der Waals surface area contributed by atoms with E-state index in [-0.39, 0.29) is 12.0 Å². The van der Waals surface area contributed by atoms with Gasteiger partial charge in [-0.05, 0) is 27.7 Å². The summed E-state index contributed by atoms with van der Waals surface area (Å²) in [7, 11) is 0. The predicted octanol–water partition coefficient (Wildman–Crippen LogP) is 0.891. The van der Waals surface area contributed by atoms with E-state index in [0.717, 1.165) is 0 Å². The number of hydrogen-bond donors (Lipinski definition) is 2. The van der Waals surface area contributed by atoms with E-state index < -0.39 is 12.4 Å². The topological polar surface area (TPSA) is 49.7 Å². The van der Waals surface area contributed by atoms with Crippen molar-refractivity contribution in [2.75, 3.05) is 0 Å². The highest BCUT2D eigenvalue weighted by Crippen LogP contribution is 2.12. The second-order valence-corrected chi connectivity index (χ2v) is 3.77. The minimum Gasteiger partial charge on any atom is -0.393 e. The van der Waals surface area contributed by atoms with Crippen molar-refractivity contribution in [1.29, 1.82) is 0 Å². The van der Waals surface area contributed by atoms with Crippen molar-refractivity contribution in [2.24, 2.45) is 0 Å². The highest BCUT2D eigenvalue weighted by Gasteiger charge is 2.17. The van der Waals surface area contributed by atoms with Crippen molar-refractivity contribution >= 4 is 0 Å². The van der Waals surface area contributed by atoms with Crippen LogP contribution in [0.1, 0.15) is 34.1 Å². The SMILES string of the molecule is CC(O)CC(O)OC(C)(C)C. The first-order valence-corrected chi connectivity index (χ1v) is 3.85. The van der Waals surface area contributed by atoms with Crippen LogP contribution in [0.2, 0.25) is 0 Å². The molecule has 11 heavy (non-hydrogen) atoms. The summed E-state index contributed by atoms with van der Waals surface area (Å²) in [5.74, 6) is 0. The zero-order valence-electron chi connectivity index (χ0n) is 7.66. The second-order valence-electron chi connectivity index (χ2n) is 3.77. The van der Waals surface area contributed by atoms with Crippen LogP contribution in [-0.4, -0.2) is 28.2 Å². The fourth-order valence-corrected chi connectivity index (χ4v) is 0.748. The molecule has 0 spiro atoms. The summed E-state index contributed by atoms with van der Waals surface area (Å²) in [6.45, 7) is 7.20. The molecular weight excluding hydrogens is 144 g/mol. The van der Waals surface area contributed by atoms with Crippen LogP contribution in [0.3, 0.4) is 0 Å². The molecule has 0 heterocycles. The van der Waals surface area contributed by atoms with Gasteiger partial charge in [0.05, 0.1) is 11.7 Å². The Morgan fingerprint density at radius 2 is 1.73 bits per heavy atom. The van der Waals surface area contributed by atoms with E-state index in [9.17, 15) is 5.11 Å². The Kier molecular flexibility index (Phi) is 4.00. The third kappa shape index (κ3) is 7.78. The van der Waals surface area contributed by atoms with Gasteiger partial charge >= 0.3 is 0 Å². The average molecular weight is 162 g/mol. The van der Waals surface area contributed by atoms with Crippen LogP contribution >= 0.6 is 0 Å². The van der Waals surface area contributed by atoms with Gasteiger partial charge in [0, 0.05) is 6.42 Å². The summed E-state index contributed by atoms with van der Waals surface area (Å²) < 4.78 is 5.14. The van der Waals surface area contributed by atoms with Gasteiger partial charge in [0.1, 0.15) is 0 Å². The van der Waals surface area contributed by atoms with Crippen LogP contribution in [-0.2, 0) is 4.74 Å². The first-order valence-electron chi connectivity index (χ1n) is 3.85. The molecular formula is C8H18O3. The molecule has 0 aromatic heterocycles. The Bertz CT molecular complexity index is 104. The molecule has 0 rings (SSSR count). The molecule has 0 amide bonds.